The molecule has 1 N–H and O–H groups in total. The van der Waals surface area contributed by atoms with Gasteiger partial charge in [0.1, 0.15) is 5.69 Å². The second-order valence-corrected chi connectivity index (χ2v) is 6.00. The summed E-state index contributed by atoms with van der Waals surface area (Å²) in [7, 11) is 0. The van der Waals surface area contributed by atoms with Gasteiger partial charge in [-0.2, -0.15) is 5.10 Å². The maximum atomic E-state index is 12.0. The van der Waals surface area contributed by atoms with E-state index in [2.05, 4.69) is 43.3 Å². The molecule has 2 heterocycles. The maximum Gasteiger partial charge on any atom is 0.291 e. The van der Waals surface area contributed by atoms with Gasteiger partial charge < -0.3 is 4.57 Å². The highest BCUT2D eigenvalue weighted by atomic mass is 16.2. The van der Waals surface area contributed by atoms with E-state index in [-0.39, 0.29) is 5.69 Å². The van der Waals surface area contributed by atoms with Crippen LogP contribution in [-0.2, 0) is 6.54 Å². The Kier molecular flexibility index (Phi) is 4.70. The highest BCUT2D eigenvalue weighted by Crippen LogP contribution is 2.21. The van der Waals surface area contributed by atoms with Gasteiger partial charge in [0, 0.05) is 41.6 Å². The molecule has 0 fully saturated rings. The van der Waals surface area contributed by atoms with Crippen LogP contribution in [0.25, 0.3) is 10.9 Å². The van der Waals surface area contributed by atoms with Gasteiger partial charge in [-0.1, -0.05) is 48.5 Å². The first-order valence-electron chi connectivity index (χ1n) is 8.52. The number of hydrazone groups is 1. The van der Waals surface area contributed by atoms with Crippen molar-refractivity contribution in [3.63, 3.8) is 0 Å². The summed E-state index contributed by atoms with van der Waals surface area (Å²) in [4.78, 5) is 19.8. The van der Waals surface area contributed by atoms with Crippen LogP contribution in [0.5, 0.6) is 0 Å². The number of nitrogens with zero attached hydrogens (tertiary/aromatic N) is 4. The van der Waals surface area contributed by atoms with Crippen LogP contribution in [0.2, 0.25) is 0 Å². The monoisotopic (exact) mass is 355 g/mol. The Morgan fingerprint density at radius 3 is 2.70 bits per heavy atom. The molecule has 0 saturated heterocycles. The fourth-order valence-electron chi connectivity index (χ4n) is 2.92. The molecule has 0 saturated carbocycles. The van der Waals surface area contributed by atoms with E-state index in [1.807, 2.05) is 42.6 Å². The highest BCUT2D eigenvalue weighted by Gasteiger charge is 2.08. The van der Waals surface area contributed by atoms with Gasteiger partial charge in [0.2, 0.25) is 0 Å². The molecule has 0 aliphatic heterocycles. The van der Waals surface area contributed by atoms with Crippen LogP contribution >= 0.6 is 0 Å². The van der Waals surface area contributed by atoms with Crippen molar-refractivity contribution in [1.29, 1.82) is 0 Å². The molecule has 6 heteroatoms. The second-order valence-electron chi connectivity index (χ2n) is 6.00. The Hall–Kier alpha value is -3.80. The topological polar surface area (TPSA) is 72.2 Å². The second kappa shape index (κ2) is 7.61. The molecule has 0 atom stereocenters. The van der Waals surface area contributed by atoms with Gasteiger partial charge in [-0.3, -0.25) is 9.78 Å². The number of carbonyl (C=O) groups is 1. The molecule has 27 heavy (non-hydrogen) atoms. The van der Waals surface area contributed by atoms with Crippen molar-refractivity contribution in [3.8, 4) is 0 Å². The number of fused-ring (bicyclic) bond motifs is 1. The number of para-hydroxylation sites is 1. The van der Waals surface area contributed by atoms with Gasteiger partial charge >= 0.3 is 0 Å². The molecule has 1 amide bonds. The van der Waals surface area contributed by atoms with Crippen molar-refractivity contribution in [2.24, 2.45) is 5.10 Å². The molecular weight excluding hydrogens is 338 g/mol. The van der Waals surface area contributed by atoms with E-state index in [1.165, 1.54) is 24.2 Å². The number of carbonyl (C=O) groups excluding carboxylic acids is 1. The predicted molar refractivity (Wildman–Crippen MR) is 105 cm³/mol. The number of hydrogen-bond acceptors (Lipinski definition) is 4. The van der Waals surface area contributed by atoms with Crippen LogP contribution in [0, 0.1) is 0 Å². The SMILES string of the molecule is O=C(N/N=C/c1cn(Cc2ccccc2)c2ccccc12)c1cnccn1. The van der Waals surface area contributed by atoms with Crippen molar-refractivity contribution < 1.29 is 4.79 Å². The normalized spacial score (nSPS) is 11.1. The molecule has 2 aromatic carbocycles. The predicted octanol–water partition coefficient (Wildman–Crippen LogP) is 3.24. The van der Waals surface area contributed by atoms with Crippen LogP contribution in [0.3, 0.4) is 0 Å². The first kappa shape index (κ1) is 16.7. The fourth-order valence-corrected chi connectivity index (χ4v) is 2.92. The minimum atomic E-state index is -0.396. The average Bonchev–Trinajstić information content (AvgIpc) is 3.07. The summed E-state index contributed by atoms with van der Waals surface area (Å²) in [5.41, 5.74) is 5.98. The van der Waals surface area contributed by atoms with E-state index in [1.54, 1.807) is 6.21 Å². The van der Waals surface area contributed by atoms with Crippen LogP contribution < -0.4 is 5.43 Å². The van der Waals surface area contributed by atoms with E-state index in [0.717, 1.165) is 23.0 Å². The van der Waals surface area contributed by atoms with Gasteiger partial charge in [0.25, 0.3) is 5.91 Å². The van der Waals surface area contributed by atoms with E-state index >= 15 is 0 Å². The standard InChI is InChI=1S/C21H17N5O/c27-21(19-13-22-10-11-23-19)25-24-12-17-15-26(14-16-6-2-1-3-7-16)20-9-5-4-8-18(17)20/h1-13,15H,14H2,(H,25,27)/b24-12+. The van der Waals surface area contributed by atoms with E-state index in [4.69, 9.17) is 0 Å². The zero-order valence-corrected chi connectivity index (χ0v) is 14.5. The molecular formula is C21H17N5O. The number of aromatic nitrogens is 3. The first-order valence-corrected chi connectivity index (χ1v) is 8.52. The summed E-state index contributed by atoms with van der Waals surface area (Å²) in [6.45, 7) is 0.765. The fraction of sp³-hybridized carbons (Fsp3) is 0.0476. The lowest BCUT2D eigenvalue weighted by Gasteiger charge is -2.05. The minimum Gasteiger partial charge on any atom is -0.342 e. The Labute approximate surface area is 156 Å². The van der Waals surface area contributed by atoms with Crippen LogP contribution in [0.1, 0.15) is 21.6 Å². The molecule has 0 spiro atoms. The molecule has 0 bridgehead atoms. The van der Waals surface area contributed by atoms with Crippen molar-refractivity contribution >= 4 is 23.0 Å². The zero-order valence-electron chi connectivity index (χ0n) is 14.5. The average molecular weight is 355 g/mol. The molecule has 4 rings (SSSR count). The largest absolute Gasteiger partial charge is 0.342 e. The van der Waals surface area contributed by atoms with Crippen molar-refractivity contribution in [2.45, 2.75) is 6.54 Å². The van der Waals surface area contributed by atoms with Crippen LogP contribution in [-0.4, -0.2) is 26.7 Å². The van der Waals surface area contributed by atoms with E-state index in [9.17, 15) is 4.79 Å². The minimum absolute atomic E-state index is 0.223. The summed E-state index contributed by atoms with van der Waals surface area (Å²) >= 11 is 0. The summed E-state index contributed by atoms with van der Waals surface area (Å²) in [6.07, 6.45) is 8.07. The van der Waals surface area contributed by atoms with Crippen LogP contribution in [0.4, 0.5) is 0 Å². The quantitative estimate of drug-likeness (QED) is 0.441. The van der Waals surface area contributed by atoms with E-state index < -0.39 is 5.91 Å². The van der Waals surface area contributed by atoms with Crippen molar-refractivity contribution in [3.05, 3.63) is 96.2 Å². The Balaban J connectivity index is 1.57. The lowest BCUT2D eigenvalue weighted by atomic mass is 10.2. The number of nitrogens with one attached hydrogen (secondary N) is 1. The summed E-state index contributed by atoms with van der Waals surface area (Å²) in [6, 6.07) is 18.4. The van der Waals surface area contributed by atoms with Crippen molar-refractivity contribution in [2.75, 3.05) is 0 Å². The molecule has 0 unspecified atom stereocenters. The van der Waals surface area contributed by atoms with Gasteiger partial charge in [0.15, 0.2) is 0 Å². The third kappa shape index (κ3) is 3.74. The molecule has 6 nitrogen and oxygen atoms in total. The Morgan fingerprint density at radius 1 is 1.07 bits per heavy atom. The summed E-state index contributed by atoms with van der Waals surface area (Å²) in [5.74, 6) is -0.396. The lowest BCUT2D eigenvalue weighted by molar-refractivity contribution is 0.0949. The first-order chi connectivity index (χ1) is 13.3. The van der Waals surface area contributed by atoms with Crippen LogP contribution in [0.15, 0.2) is 84.5 Å². The zero-order chi connectivity index (χ0) is 18.5. The molecule has 132 valence electrons. The smallest absolute Gasteiger partial charge is 0.291 e. The van der Waals surface area contributed by atoms with Crippen molar-refractivity contribution in [1.82, 2.24) is 20.0 Å². The third-order valence-corrected chi connectivity index (χ3v) is 4.18. The molecule has 4 aromatic rings. The lowest BCUT2D eigenvalue weighted by Crippen LogP contribution is -2.19. The number of hydrogen-bond donors (Lipinski definition) is 1. The van der Waals surface area contributed by atoms with E-state index in [0.29, 0.717) is 0 Å². The maximum absolute atomic E-state index is 12.0. The van der Waals surface area contributed by atoms with Gasteiger partial charge in [-0.15, -0.1) is 0 Å². The number of benzene rings is 2. The van der Waals surface area contributed by atoms with Gasteiger partial charge in [-0.25, -0.2) is 10.4 Å². The highest BCUT2D eigenvalue weighted by molar-refractivity contribution is 6.00. The summed E-state index contributed by atoms with van der Waals surface area (Å²) < 4.78 is 2.18. The Morgan fingerprint density at radius 2 is 1.89 bits per heavy atom. The molecule has 0 radical (unpaired) electrons. The van der Waals surface area contributed by atoms with Gasteiger partial charge in [-0.05, 0) is 11.6 Å². The number of amides is 1. The Bertz CT molecular complexity index is 1090. The van der Waals surface area contributed by atoms with Gasteiger partial charge in [0.05, 0.1) is 12.4 Å². The summed E-state index contributed by atoms with van der Waals surface area (Å²) in [5, 5.41) is 5.16. The number of rotatable bonds is 5. The molecule has 0 aliphatic carbocycles. The third-order valence-electron chi connectivity index (χ3n) is 4.18. The molecule has 2 aromatic heterocycles. The molecule has 0 aliphatic rings.